The summed E-state index contributed by atoms with van der Waals surface area (Å²) in [6.07, 6.45) is 5.16. The van der Waals surface area contributed by atoms with Crippen LogP contribution in [0.15, 0.2) is 28.7 Å². The number of unbranched alkanes of at least 4 members (excludes halogenated alkanes) is 2. The first-order valence-electron chi connectivity index (χ1n) is 7.48. The Balaban J connectivity index is 2.32. The molecule has 0 unspecified atom stereocenters. The number of halogens is 1. The molecular weight excluding hydrogens is 300 g/mol. The van der Waals surface area contributed by atoms with Crippen LogP contribution in [0.25, 0.3) is 0 Å². The molecule has 0 amide bonds. The molecule has 1 aromatic rings. The largest absolute Gasteiger partial charge is 0.383 e. The molecular formula is C16H27BrN2. The molecule has 0 aliphatic carbocycles. The van der Waals surface area contributed by atoms with Crippen LogP contribution in [0.5, 0.6) is 0 Å². The molecule has 0 atom stereocenters. The van der Waals surface area contributed by atoms with Gasteiger partial charge in [-0.25, -0.2) is 0 Å². The summed E-state index contributed by atoms with van der Waals surface area (Å²) < 4.78 is 1.14. The highest BCUT2D eigenvalue weighted by molar-refractivity contribution is 9.10. The van der Waals surface area contributed by atoms with Crippen molar-refractivity contribution in [2.75, 3.05) is 31.5 Å². The fourth-order valence-electron chi connectivity index (χ4n) is 2.05. The van der Waals surface area contributed by atoms with Gasteiger partial charge in [0.25, 0.3) is 0 Å². The van der Waals surface area contributed by atoms with Crippen LogP contribution >= 0.6 is 15.9 Å². The lowest BCUT2D eigenvalue weighted by molar-refractivity contribution is 0.275. The molecule has 0 radical (unpaired) electrons. The SMILES string of the molecule is CCCCN(CCCC)CCNc1ccccc1Br. The van der Waals surface area contributed by atoms with Gasteiger partial charge in [-0.15, -0.1) is 0 Å². The van der Waals surface area contributed by atoms with E-state index in [1.54, 1.807) is 0 Å². The third kappa shape index (κ3) is 6.98. The molecule has 108 valence electrons. The van der Waals surface area contributed by atoms with E-state index in [2.05, 4.69) is 58.2 Å². The van der Waals surface area contributed by atoms with Crippen LogP contribution in [0.3, 0.4) is 0 Å². The molecule has 0 bridgehead atoms. The van der Waals surface area contributed by atoms with Gasteiger partial charge in [0.1, 0.15) is 0 Å². The highest BCUT2D eigenvalue weighted by Gasteiger charge is 2.04. The third-order valence-electron chi connectivity index (χ3n) is 3.27. The van der Waals surface area contributed by atoms with E-state index in [-0.39, 0.29) is 0 Å². The van der Waals surface area contributed by atoms with Crippen molar-refractivity contribution in [2.45, 2.75) is 39.5 Å². The lowest BCUT2D eigenvalue weighted by Gasteiger charge is -2.22. The van der Waals surface area contributed by atoms with Crippen molar-refractivity contribution in [3.05, 3.63) is 28.7 Å². The van der Waals surface area contributed by atoms with Gasteiger partial charge in [-0.05, 0) is 54.0 Å². The Labute approximate surface area is 126 Å². The number of para-hydroxylation sites is 1. The number of nitrogens with one attached hydrogen (secondary N) is 1. The molecule has 0 saturated carbocycles. The average Bonchev–Trinajstić information content (AvgIpc) is 2.43. The van der Waals surface area contributed by atoms with Gasteiger partial charge < -0.3 is 10.2 Å². The molecule has 0 saturated heterocycles. The standard InChI is InChI=1S/C16H27BrN2/c1-3-5-12-19(13-6-4-2)14-11-18-16-10-8-7-9-15(16)17/h7-10,18H,3-6,11-14H2,1-2H3. The van der Waals surface area contributed by atoms with E-state index in [1.807, 2.05) is 6.07 Å². The fourth-order valence-corrected chi connectivity index (χ4v) is 2.48. The summed E-state index contributed by atoms with van der Waals surface area (Å²) in [6.45, 7) is 9.12. The summed E-state index contributed by atoms with van der Waals surface area (Å²) in [6, 6.07) is 8.31. The van der Waals surface area contributed by atoms with Gasteiger partial charge in [-0.2, -0.15) is 0 Å². The first kappa shape index (κ1) is 16.5. The van der Waals surface area contributed by atoms with Crippen molar-refractivity contribution >= 4 is 21.6 Å². The van der Waals surface area contributed by atoms with E-state index >= 15 is 0 Å². The summed E-state index contributed by atoms with van der Waals surface area (Å²) in [5.74, 6) is 0. The number of hydrogen-bond acceptors (Lipinski definition) is 2. The number of anilines is 1. The van der Waals surface area contributed by atoms with Crippen molar-refractivity contribution in [1.82, 2.24) is 4.90 Å². The smallest absolute Gasteiger partial charge is 0.0485 e. The van der Waals surface area contributed by atoms with E-state index in [4.69, 9.17) is 0 Å². The zero-order valence-corrected chi connectivity index (χ0v) is 13.9. The predicted octanol–water partition coefficient (Wildman–Crippen LogP) is 4.76. The normalized spacial score (nSPS) is 10.9. The van der Waals surface area contributed by atoms with Gasteiger partial charge in [-0.1, -0.05) is 38.8 Å². The molecule has 1 N–H and O–H groups in total. The Morgan fingerprint density at radius 1 is 1.00 bits per heavy atom. The molecule has 0 aromatic heterocycles. The minimum Gasteiger partial charge on any atom is -0.383 e. The minimum absolute atomic E-state index is 1.01. The number of hydrogen-bond donors (Lipinski definition) is 1. The van der Waals surface area contributed by atoms with Crippen LogP contribution in [0.4, 0.5) is 5.69 Å². The van der Waals surface area contributed by atoms with E-state index in [9.17, 15) is 0 Å². The number of rotatable bonds is 10. The maximum atomic E-state index is 3.57. The lowest BCUT2D eigenvalue weighted by atomic mass is 10.2. The molecule has 3 heteroatoms. The Bertz CT molecular complexity index is 333. The molecule has 0 aliphatic heterocycles. The Kier molecular flexibility index (Phi) is 8.93. The maximum absolute atomic E-state index is 3.57. The van der Waals surface area contributed by atoms with Gasteiger partial charge in [0, 0.05) is 23.2 Å². The maximum Gasteiger partial charge on any atom is 0.0485 e. The van der Waals surface area contributed by atoms with Crippen LogP contribution in [0.1, 0.15) is 39.5 Å². The number of benzene rings is 1. The van der Waals surface area contributed by atoms with Crippen LogP contribution in [-0.4, -0.2) is 31.1 Å². The monoisotopic (exact) mass is 326 g/mol. The second-order valence-corrected chi connectivity index (χ2v) is 5.81. The van der Waals surface area contributed by atoms with Crippen LogP contribution < -0.4 is 5.32 Å². The Hall–Kier alpha value is -0.540. The molecule has 19 heavy (non-hydrogen) atoms. The molecule has 1 aromatic carbocycles. The van der Waals surface area contributed by atoms with Gasteiger partial charge in [0.15, 0.2) is 0 Å². The third-order valence-corrected chi connectivity index (χ3v) is 3.96. The fraction of sp³-hybridized carbons (Fsp3) is 0.625. The van der Waals surface area contributed by atoms with Crippen molar-refractivity contribution in [3.63, 3.8) is 0 Å². The average molecular weight is 327 g/mol. The molecule has 0 spiro atoms. The van der Waals surface area contributed by atoms with Crippen LogP contribution in [0, 0.1) is 0 Å². The van der Waals surface area contributed by atoms with E-state index in [0.29, 0.717) is 0 Å². The van der Waals surface area contributed by atoms with Crippen molar-refractivity contribution in [1.29, 1.82) is 0 Å². The zero-order valence-electron chi connectivity index (χ0n) is 12.3. The summed E-state index contributed by atoms with van der Waals surface area (Å²) in [5.41, 5.74) is 1.19. The summed E-state index contributed by atoms with van der Waals surface area (Å²) >= 11 is 3.57. The predicted molar refractivity (Wildman–Crippen MR) is 88.9 cm³/mol. The Morgan fingerprint density at radius 3 is 2.21 bits per heavy atom. The summed E-state index contributed by atoms with van der Waals surface area (Å²) in [5, 5.41) is 3.51. The van der Waals surface area contributed by atoms with Crippen LogP contribution in [0.2, 0.25) is 0 Å². The van der Waals surface area contributed by atoms with Gasteiger partial charge in [0.05, 0.1) is 0 Å². The topological polar surface area (TPSA) is 15.3 Å². The minimum atomic E-state index is 1.01. The second-order valence-electron chi connectivity index (χ2n) is 4.96. The summed E-state index contributed by atoms with van der Waals surface area (Å²) in [4.78, 5) is 2.58. The van der Waals surface area contributed by atoms with E-state index in [0.717, 1.165) is 17.6 Å². The lowest BCUT2D eigenvalue weighted by Crippen LogP contribution is -2.31. The molecule has 0 aliphatic rings. The molecule has 0 heterocycles. The van der Waals surface area contributed by atoms with Crippen molar-refractivity contribution in [2.24, 2.45) is 0 Å². The van der Waals surface area contributed by atoms with Gasteiger partial charge in [-0.3, -0.25) is 0 Å². The number of nitrogens with zero attached hydrogens (tertiary/aromatic N) is 1. The molecule has 1 rings (SSSR count). The van der Waals surface area contributed by atoms with E-state index in [1.165, 1.54) is 44.5 Å². The molecule has 2 nitrogen and oxygen atoms in total. The highest BCUT2D eigenvalue weighted by Crippen LogP contribution is 2.20. The van der Waals surface area contributed by atoms with E-state index < -0.39 is 0 Å². The quantitative estimate of drug-likeness (QED) is 0.666. The summed E-state index contributed by atoms with van der Waals surface area (Å²) in [7, 11) is 0. The first-order valence-corrected chi connectivity index (χ1v) is 8.28. The highest BCUT2D eigenvalue weighted by atomic mass is 79.9. The Morgan fingerprint density at radius 2 is 1.63 bits per heavy atom. The van der Waals surface area contributed by atoms with Gasteiger partial charge in [0.2, 0.25) is 0 Å². The van der Waals surface area contributed by atoms with Crippen molar-refractivity contribution in [3.8, 4) is 0 Å². The van der Waals surface area contributed by atoms with Crippen molar-refractivity contribution < 1.29 is 0 Å². The zero-order chi connectivity index (χ0) is 13.9. The van der Waals surface area contributed by atoms with Gasteiger partial charge >= 0.3 is 0 Å². The second kappa shape index (κ2) is 10.3. The molecule has 0 fully saturated rings. The van der Waals surface area contributed by atoms with Crippen LogP contribution in [-0.2, 0) is 0 Å². The first-order chi connectivity index (χ1) is 9.27.